The van der Waals surface area contributed by atoms with E-state index in [1.54, 1.807) is 54.6 Å². The zero-order valence-corrected chi connectivity index (χ0v) is 16.7. The van der Waals surface area contributed by atoms with Gasteiger partial charge < -0.3 is 20.5 Å². The Morgan fingerprint density at radius 2 is 1.48 bits per heavy atom. The van der Waals surface area contributed by atoms with Crippen LogP contribution in [0.1, 0.15) is 28.4 Å². The fraction of sp³-hybridized carbons (Fsp3) is 0.125. The second kappa shape index (κ2) is 10.6. The van der Waals surface area contributed by atoms with Crippen molar-refractivity contribution < 1.29 is 23.9 Å². The van der Waals surface area contributed by atoms with E-state index in [-0.39, 0.29) is 18.8 Å². The predicted molar refractivity (Wildman–Crippen MR) is 115 cm³/mol. The summed E-state index contributed by atoms with van der Waals surface area (Å²) < 4.78 is 10.9. The number of Topliss-reactive ketones (excluding diaryl/α,β-unsaturated/α-hetero) is 1. The molecule has 0 radical (unpaired) electrons. The van der Waals surface area contributed by atoms with Gasteiger partial charge in [0.05, 0.1) is 12.5 Å². The molecule has 0 saturated carbocycles. The van der Waals surface area contributed by atoms with Crippen molar-refractivity contribution >= 4 is 17.8 Å². The van der Waals surface area contributed by atoms with Gasteiger partial charge in [0.25, 0.3) is 0 Å². The van der Waals surface area contributed by atoms with Crippen LogP contribution in [0, 0.1) is 0 Å². The first-order chi connectivity index (χ1) is 15.0. The summed E-state index contributed by atoms with van der Waals surface area (Å²) in [5, 5.41) is 2.54. The second-order valence-electron chi connectivity index (χ2n) is 6.70. The van der Waals surface area contributed by atoms with E-state index in [0.29, 0.717) is 22.6 Å². The lowest BCUT2D eigenvalue weighted by Crippen LogP contribution is -2.34. The van der Waals surface area contributed by atoms with Crippen molar-refractivity contribution in [3.05, 3.63) is 96.1 Å². The summed E-state index contributed by atoms with van der Waals surface area (Å²) in [5.41, 5.74) is 6.34. The minimum absolute atomic E-state index is 0.195. The maximum atomic E-state index is 12.3. The van der Waals surface area contributed by atoms with E-state index in [1.807, 2.05) is 30.3 Å². The summed E-state index contributed by atoms with van der Waals surface area (Å²) in [6, 6.07) is 23.2. The van der Waals surface area contributed by atoms with Crippen molar-refractivity contribution in [1.29, 1.82) is 0 Å². The number of ether oxygens (including phenoxy) is 2. The lowest BCUT2D eigenvalue weighted by atomic mass is 10.0. The van der Waals surface area contributed by atoms with Crippen LogP contribution >= 0.6 is 0 Å². The molecule has 0 saturated heterocycles. The Morgan fingerprint density at radius 3 is 2.16 bits per heavy atom. The van der Waals surface area contributed by atoms with E-state index in [0.717, 1.165) is 0 Å². The topological polar surface area (TPSA) is 108 Å². The fourth-order valence-electron chi connectivity index (χ4n) is 2.92. The number of urea groups is 1. The summed E-state index contributed by atoms with van der Waals surface area (Å²) in [7, 11) is 0. The molecule has 0 bridgehead atoms. The number of rotatable bonds is 9. The van der Waals surface area contributed by atoms with E-state index < -0.39 is 18.0 Å². The minimum atomic E-state index is -0.785. The van der Waals surface area contributed by atoms with Gasteiger partial charge in [-0.05, 0) is 29.8 Å². The molecule has 0 fully saturated rings. The normalized spacial score (nSPS) is 11.2. The second-order valence-corrected chi connectivity index (χ2v) is 6.70. The van der Waals surface area contributed by atoms with E-state index in [4.69, 9.17) is 15.2 Å². The predicted octanol–water partition coefficient (Wildman–Crippen LogP) is 4.00. The van der Waals surface area contributed by atoms with Crippen LogP contribution in [0.3, 0.4) is 0 Å². The summed E-state index contributed by atoms with van der Waals surface area (Å²) in [4.78, 5) is 35.9. The van der Waals surface area contributed by atoms with E-state index >= 15 is 0 Å². The SMILES string of the molecule is NC(=O)N[C@H](CC(=O)OCC(=O)c1ccccc1)c1cccc(Oc2ccccc2)c1. The molecule has 0 aliphatic carbocycles. The Labute approximate surface area is 179 Å². The third-order valence-electron chi connectivity index (χ3n) is 4.39. The van der Waals surface area contributed by atoms with Gasteiger partial charge in [-0.1, -0.05) is 60.7 Å². The number of carbonyl (C=O) groups excluding carboxylic acids is 3. The first kappa shape index (κ1) is 21.6. The molecule has 0 aromatic heterocycles. The van der Waals surface area contributed by atoms with Gasteiger partial charge in [0.2, 0.25) is 0 Å². The molecule has 0 unspecified atom stereocenters. The van der Waals surface area contributed by atoms with E-state index in [2.05, 4.69) is 5.32 Å². The van der Waals surface area contributed by atoms with Crippen molar-refractivity contribution in [2.75, 3.05) is 6.61 Å². The van der Waals surface area contributed by atoms with E-state index in [9.17, 15) is 14.4 Å². The lowest BCUT2D eigenvalue weighted by molar-refractivity contribution is -0.143. The smallest absolute Gasteiger partial charge is 0.312 e. The summed E-state index contributed by atoms with van der Waals surface area (Å²) >= 11 is 0. The number of nitrogens with two attached hydrogens (primary N) is 1. The molecule has 3 aromatic rings. The van der Waals surface area contributed by atoms with Crippen LogP contribution in [0.25, 0.3) is 0 Å². The van der Waals surface area contributed by atoms with Gasteiger partial charge in [0.15, 0.2) is 12.4 Å². The van der Waals surface area contributed by atoms with Crippen molar-refractivity contribution in [3.63, 3.8) is 0 Å². The van der Waals surface area contributed by atoms with Crippen LogP contribution in [0.15, 0.2) is 84.9 Å². The number of carbonyl (C=O) groups is 3. The Morgan fingerprint density at radius 1 is 0.839 bits per heavy atom. The highest BCUT2D eigenvalue weighted by Gasteiger charge is 2.20. The molecule has 7 nitrogen and oxygen atoms in total. The highest BCUT2D eigenvalue weighted by molar-refractivity contribution is 5.97. The Balaban J connectivity index is 1.65. The van der Waals surface area contributed by atoms with Crippen molar-refractivity contribution in [2.45, 2.75) is 12.5 Å². The third kappa shape index (κ3) is 6.71. The van der Waals surface area contributed by atoms with Gasteiger partial charge in [0, 0.05) is 5.56 Å². The molecule has 7 heteroatoms. The quantitative estimate of drug-likeness (QED) is 0.403. The van der Waals surface area contributed by atoms with Crippen LogP contribution in [0.2, 0.25) is 0 Å². The molecule has 3 N–H and O–H groups in total. The molecule has 3 aromatic carbocycles. The number of hydrogen-bond acceptors (Lipinski definition) is 5. The summed E-state index contributed by atoms with van der Waals surface area (Å²) in [6.45, 7) is -0.386. The number of para-hydroxylation sites is 1. The molecular formula is C24H22N2O5. The van der Waals surface area contributed by atoms with Crippen molar-refractivity contribution in [2.24, 2.45) is 5.73 Å². The van der Waals surface area contributed by atoms with Gasteiger partial charge in [-0.2, -0.15) is 0 Å². The number of nitrogens with one attached hydrogen (secondary N) is 1. The van der Waals surface area contributed by atoms with Gasteiger partial charge in [-0.3, -0.25) is 9.59 Å². The summed E-state index contributed by atoms with van der Waals surface area (Å²) in [5.74, 6) is 0.231. The van der Waals surface area contributed by atoms with Gasteiger partial charge in [0.1, 0.15) is 11.5 Å². The highest BCUT2D eigenvalue weighted by atomic mass is 16.5. The summed E-state index contributed by atoms with van der Waals surface area (Å²) in [6.07, 6.45) is -0.195. The van der Waals surface area contributed by atoms with Crippen LogP contribution < -0.4 is 15.8 Å². The zero-order chi connectivity index (χ0) is 22.1. The Hall–Kier alpha value is -4.13. The zero-order valence-electron chi connectivity index (χ0n) is 16.7. The minimum Gasteiger partial charge on any atom is -0.457 e. The molecule has 0 spiro atoms. The number of benzene rings is 3. The monoisotopic (exact) mass is 418 g/mol. The maximum absolute atomic E-state index is 12.3. The molecule has 2 amide bonds. The van der Waals surface area contributed by atoms with Crippen LogP contribution in [0.5, 0.6) is 11.5 Å². The van der Waals surface area contributed by atoms with Crippen molar-refractivity contribution in [3.8, 4) is 11.5 Å². The Kier molecular flexibility index (Phi) is 7.37. The molecule has 31 heavy (non-hydrogen) atoms. The first-order valence-electron chi connectivity index (χ1n) is 9.64. The van der Waals surface area contributed by atoms with Crippen molar-refractivity contribution in [1.82, 2.24) is 5.32 Å². The molecule has 0 heterocycles. The first-order valence-corrected chi connectivity index (χ1v) is 9.64. The van der Waals surface area contributed by atoms with Gasteiger partial charge >= 0.3 is 12.0 Å². The fourth-order valence-corrected chi connectivity index (χ4v) is 2.92. The van der Waals surface area contributed by atoms with Crippen LogP contribution in [-0.4, -0.2) is 24.4 Å². The number of esters is 1. The number of amides is 2. The lowest BCUT2D eigenvalue weighted by Gasteiger charge is -2.18. The standard InChI is InChI=1S/C24H22N2O5/c25-24(29)26-21(15-23(28)30-16-22(27)17-8-3-1-4-9-17)18-10-7-13-20(14-18)31-19-11-5-2-6-12-19/h1-14,21H,15-16H2,(H3,25,26,29)/t21-/m1/s1. The largest absolute Gasteiger partial charge is 0.457 e. The average molecular weight is 418 g/mol. The average Bonchev–Trinajstić information content (AvgIpc) is 2.78. The number of ketones is 1. The van der Waals surface area contributed by atoms with Crippen LogP contribution in [-0.2, 0) is 9.53 Å². The number of primary amides is 1. The Bertz CT molecular complexity index is 1040. The van der Waals surface area contributed by atoms with E-state index in [1.165, 1.54) is 0 Å². The number of hydrogen-bond donors (Lipinski definition) is 2. The maximum Gasteiger partial charge on any atom is 0.312 e. The molecular weight excluding hydrogens is 396 g/mol. The molecule has 0 aliphatic heterocycles. The highest BCUT2D eigenvalue weighted by Crippen LogP contribution is 2.26. The third-order valence-corrected chi connectivity index (χ3v) is 4.39. The van der Waals surface area contributed by atoms with Gasteiger partial charge in [-0.15, -0.1) is 0 Å². The van der Waals surface area contributed by atoms with Crippen LogP contribution in [0.4, 0.5) is 4.79 Å². The molecule has 1 atom stereocenters. The molecule has 0 aliphatic rings. The molecule has 3 rings (SSSR count). The van der Waals surface area contributed by atoms with Gasteiger partial charge in [-0.25, -0.2) is 4.79 Å². The molecule has 158 valence electrons.